The molecule has 0 aliphatic carbocycles. The van der Waals surface area contributed by atoms with Crippen molar-refractivity contribution in [2.24, 2.45) is 4.99 Å². The topological polar surface area (TPSA) is 78.0 Å². The largest absolute Gasteiger partial charge is 0.496 e. The van der Waals surface area contributed by atoms with Crippen molar-refractivity contribution in [1.82, 2.24) is 20.9 Å². The summed E-state index contributed by atoms with van der Waals surface area (Å²) >= 11 is 0. The van der Waals surface area contributed by atoms with Gasteiger partial charge in [-0.15, -0.1) is 24.0 Å². The van der Waals surface area contributed by atoms with Gasteiger partial charge in [0, 0.05) is 31.3 Å². The van der Waals surface area contributed by atoms with E-state index >= 15 is 0 Å². The second-order valence-corrected chi connectivity index (χ2v) is 7.86. The van der Waals surface area contributed by atoms with Crippen molar-refractivity contribution in [3.05, 3.63) is 65.2 Å². The Bertz CT molecular complexity index is 915. The van der Waals surface area contributed by atoms with Crippen LogP contribution in [0.3, 0.4) is 0 Å². The number of carbonyl (C=O) groups excluding carboxylic acids is 1. The molecule has 1 atom stereocenters. The third-order valence-electron chi connectivity index (χ3n) is 5.72. The van der Waals surface area contributed by atoms with Gasteiger partial charge in [0.15, 0.2) is 5.96 Å². The molecule has 1 heterocycles. The van der Waals surface area contributed by atoms with E-state index in [0.29, 0.717) is 12.1 Å². The van der Waals surface area contributed by atoms with Crippen LogP contribution in [0.2, 0.25) is 0 Å². The van der Waals surface area contributed by atoms with Crippen molar-refractivity contribution < 1.29 is 9.53 Å². The number of amides is 1. The lowest BCUT2D eigenvalue weighted by Crippen LogP contribution is -2.42. The van der Waals surface area contributed by atoms with E-state index in [4.69, 9.17) is 9.73 Å². The number of methoxy groups -OCH3 is 1. The number of nitrogens with one attached hydrogen (secondary N) is 3. The molecule has 8 heteroatoms. The van der Waals surface area contributed by atoms with Gasteiger partial charge < -0.3 is 20.7 Å². The molecule has 2 aromatic carbocycles. The van der Waals surface area contributed by atoms with E-state index in [2.05, 4.69) is 39.9 Å². The molecule has 1 saturated heterocycles. The highest BCUT2D eigenvalue weighted by atomic mass is 127. The standard InChI is InChI=1S/C25H35N5O2.HI/c1-4-27-25(28-17-19-10-9-11-20(16-19)24(31)26-2)29-18-22(30-14-7-8-15-30)21-12-5-6-13-23(21)32-3;/h5-6,9-13,16,22H,4,7-8,14-15,17-18H2,1-3H3,(H,26,31)(H2,27,28,29);1H. The Morgan fingerprint density at radius 2 is 1.88 bits per heavy atom. The first kappa shape index (κ1) is 26.9. The third-order valence-corrected chi connectivity index (χ3v) is 5.72. The second kappa shape index (κ2) is 14.0. The van der Waals surface area contributed by atoms with Crippen molar-refractivity contribution in [3.63, 3.8) is 0 Å². The quantitative estimate of drug-likeness (QED) is 0.246. The fraction of sp³-hybridized carbons (Fsp3) is 0.440. The van der Waals surface area contributed by atoms with Crippen LogP contribution in [0.25, 0.3) is 0 Å². The summed E-state index contributed by atoms with van der Waals surface area (Å²) in [5.74, 6) is 1.59. The van der Waals surface area contributed by atoms with Gasteiger partial charge in [-0.05, 0) is 56.6 Å². The Morgan fingerprint density at radius 3 is 2.58 bits per heavy atom. The fourth-order valence-corrected chi connectivity index (χ4v) is 4.09. The monoisotopic (exact) mass is 565 g/mol. The van der Waals surface area contributed by atoms with Gasteiger partial charge in [0.2, 0.25) is 0 Å². The first-order valence-electron chi connectivity index (χ1n) is 11.4. The van der Waals surface area contributed by atoms with Crippen molar-refractivity contribution >= 4 is 35.8 Å². The summed E-state index contributed by atoms with van der Waals surface area (Å²) in [6, 6.07) is 16.0. The lowest BCUT2D eigenvalue weighted by Gasteiger charge is -2.30. The zero-order chi connectivity index (χ0) is 22.8. The molecule has 1 aliphatic heterocycles. The van der Waals surface area contributed by atoms with E-state index in [1.54, 1.807) is 14.2 Å². The molecule has 0 saturated carbocycles. The van der Waals surface area contributed by atoms with Crippen molar-refractivity contribution in [1.29, 1.82) is 0 Å². The van der Waals surface area contributed by atoms with Gasteiger partial charge in [-0.1, -0.05) is 30.3 Å². The zero-order valence-electron chi connectivity index (χ0n) is 19.8. The van der Waals surface area contributed by atoms with E-state index in [1.165, 1.54) is 18.4 Å². The zero-order valence-corrected chi connectivity index (χ0v) is 22.1. The Morgan fingerprint density at radius 1 is 1.12 bits per heavy atom. The van der Waals surface area contributed by atoms with Crippen LogP contribution in [0.1, 0.15) is 47.3 Å². The molecule has 3 N–H and O–H groups in total. The van der Waals surface area contributed by atoms with Crippen molar-refractivity contribution in [3.8, 4) is 5.75 Å². The van der Waals surface area contributed by atoms with Crippen LogP contribution >= 0.6 is 24.0 Å². The number of likely N-dealkylation sites (tertiary alicyclic amines) is 1. The van der Waals surface area contributed by atoms with Crippen LogP contribution in [0.4, 0.5) is 0 Å². The molecule has 0 radical (unpaired) electrons. The van der Waals surface area contributed by atoms with Crippen LogP contribution in [0, 0.1) is 0 Å². The summed E-state index contributed by atoms with van der Waals surface area (Å²) < 4.78 is 5.65. The van der Waals surface area contributed by atoms with E-state index in [0.717, 1.165) is 43.5 Å². The van der Waals surface area contributed by atoms with Crippen LogP contribution in [-0.2, 0) is 6.54 Å². The minimum atomic E-state index is -0.0916. The number of carbonyl (C=O) groups is 1. The normalized spacial score (nSPS) is 14.8. The molecule has 1 unspecified atom stereocenters. The average molecular weight is 566 g/mol. The van der Waals surface area contributed by atoms with Crippen molar-refractivity contribution in [2.45, 2.75) is 32.4 Å². The molecule has 2 aromatic rings. The third kappa shape index (κ3) is 7.60. The summed E-state index contributed by atoms with van der Waals surface area (Å²) in [6.45, 7) is 6.22. The summed E-state index contributed by atoms with van der Waals surface area (Å²) in [7, 11) is 3.37. The van der Waals surface area contributed by atoms with Crippen LogP contribution in [-0.4, -0.2) is 57.1 Å². The molecular weight excluding hydrogens is 529 g/mol. The van der Waals surface area contributed by atoms with Crippen LogP contribution < -0.4 is 20.7 Å². The summed E-state index contributed by atoms with van der Waals surface area (Å²) in [5.41, 5.74) is 2.83. The van der Waals surface area contributed by atoms with Gasteiger partial charge in [0.1, 0.15) is 5.75 Å². The number of guanidine groups is 1. The van der Waals surface area contributed by atoms with Gasteiger partial charge in [-0.25, -0.2) is 4.99 Å². The molecule has 1 amide bonds. The Kier molecular flexibility index (Phi) is 11.5. The second-order valence-electron chi connectivity index (χ2n) is 7.86. The molecule has 0 bridgehead atoms. The number of ether oxygens (including phenoxy) is 1. The first-order chi connectivity index (χ1) is 15.7. The van der Waals surface area contributed by atoms with E-state index in [9.17, 15) is 4.79 Å². The Hall–Kier alpha value is -2.33. The van der Waals surface area contributed by atoms with Gasteiger partial charge >= 0.3 is 0 Å². The number of para-hydroxylation sites is 1. The van der Waals surface area contributed by atoms with Gasteiger partial charge in [-0.2, -0.15) is 0 Å². The number of rotatable bonds is 9. The highest BCUT2D eigenvalue weighted by molar-refractivity contribution is 14.0. The molecule has 1 aliphatic rings. The van der Waals surface area contributed by atoms with E-state index in [1.807, 2.05) is 36.4 Å². The Labute approximate surface area is 214 Å². The van der Waals surface area contributed by atoms with E-state index < -0.39 is 0 Å². The minimum Gasteiger partial charge on any atom is -0.496 e. The van der Waals surface area contributed by atoms with Crippen molar-refractivity contribution in [2.75, 3.05) is 40.3 Å². The molecule has 3 rings (SSSR count). The van der Waals surface area contributed by atoms with Crippen LogP contribution in [0.15, 0.2) is 53.5 Å². The first-order valence-corrected chi connectivity index (χ1v) is 11.4. The van der Waals surface area contributed by atoms with Gasteiger partial charge in [-0.3, -0.25) is 9.69 Å². The predicted octanol–water partition coefficient (Wildman–Crippen LogP) is 3.57. The van der Waals surface area contributed by atoms with Gasteiger partial charge in [0.05, 0.1) is 19.7 Å². The number of aliphatic imine (C=N–C) groups is 1. The number of benzene rings is 2. The molecule has 7 nitrogen and oxygen atoms in total. The molecule has 0 spiro atoms. The lowest BCUT2D eigenvalue weighted by molar-refractivity contribution is 0.0963. The maximum absolute atomic E-state index is 11.9. The maximum atomic E-state index is 11.9. The fourth-order valence-electron chi connectivity index (χ4n) is 4.09. The highest BCUT2D eigenvalue weighted by Gasteiger charge is 2.26. The maximum Gasteiger partial charge on any atom is 0.251 e. The number of hydrogen-bond acceptors (Lipinski definition) is 4. The summed E-state index contributed by atoms with van der Waals surface area (Å²) in [6.07, 6.45) is 2.45. The predicted molar refractivity (Wildman–Crippen MR) is 145 cm³/mol. The van der Waals surface area contributed by atoms with Crippen LogP contribution in [0.5, 0.6) is 5.75 Å². The molecule has 0 aromatic heterocycles. The molecule has 180 valence electrons. The molecule has 33 heavy (non-hydrogen) atoms. The van der Waals surface area contributed by atoms with Gasteiger partial charge in [0.25, 0.3) is 5.91 Å². The average Bonchev–Trinajstić information content (AvgIpc) is 3.37. The smallest absolute Gasteiger partial charge is 0.251 e. The number of halogens is 1. The number of hydrogen-bond donors (Lipinski definition) is 3. The SMILES string of the molecule is CCNC(=NCc1cccc(C(=O)NC)c1)NCC(c1ccccc1OC)N1CCCC1.I. The summed E-state index contributed by atoms with van der Waals surface area (Å²) in [4.78, 5) is 19.2. The Balaban J connectivity index is 0.00000385. The molecule has 1 fully saturated rings. The van der Waals surface area contributed by atoms with E-state index in [-0.39, 0.29) is 35.9 Å². The minimum absolute atomic E-state index is 0. The molecular formula is C25H36IN5O2. The number of nitrogens with zero attached hydrogens (tertiary/aromatic N) is 2. The highest BCUT2D eigenvalue weighted by Crippen LogP contribution is 2.31. The lowest BCUT2D eigenvalue weighted by atomic mass is 10.0. The summed E-state index contributed by atoms with van der Waals surface area (Å²) in [5, 5.41) is 9.53.